The van der Waals surface area contributed by atoms with Crippen molar-refractivity contribution in [3.05, 3.63) is 27.7 Å². The van der Waals surface area contributed by atoms with Crippen molar-refractivity contribution in [1.29, 1.82) is 0 Å². The first-order chi connectivity index (χ1) is 9.06. The topological polar surface area (TPSA) is 12.0 Å². The molecular formula is C16H23BrClN. The second kappa shape index (κ2) is 6.99. The van der Waals surface area contributed by atoms with E-state index in [2.05, 4.69) is 47.2 Å². The van der Waals surface area contributed by atoms with Crippen LogP contribution >= 0.6 is 27.5 Å². The lowest BCUT2D eigenvalue weighted by molar-refractivity contribution is 0.341. The molecule has 19 heavy (non-hydrogen) atoms. The zero-order valence-corrected chi connectivity index (χ0v) is 14.1. The molecule has 0 radical (unpaired) electrons. The van der Waals surface area contributed by atoms with Crippen LogP contribution in [-0.4, -0.2) is 6.04 Å². The predicted molar refractivity (Wildman–Crippen MR) is 88.0 cm³/mol. The Bertz CT molecular complexity index is 419. The summed E-state index contributed by atoms with van der Waals surface area (Å²) in [6.45, 7) is 4.71. The lowest BCUT2D eigenvalue weighted by Gasteiger charge is -2.20. The first-order valence-electron chi connectivity index (χ1n) is 7.28. The molecule has 1 saturated carbocycles. The van der Waals surface area contributed by atoms with Crippen molar-refractivity contribution >= 4 is 33.2 Å². The summed E-state index contributed by atoms with van der Waals surface area (Å²) < 4.78 is 0.966. The van der Waals surface area contributed by atoms with Gasteiger partial charge in [0.05, 0.1) is 5.02 Å². The third-order valence-electron chi connectivity index (χ3n) is 4.25. The highest BCUT2D eigenvalue weighted by atomic mass is 79.9. The highest BCUT2D eigenvalue weighted by Gasteiger charge is 2.20. The van der Waals surface area contributed by atoms with E-state index in [1.807, 2.05) is 6.07 Å². The maximum Gasteiger partial charge on any atom is 0.0549 e. The van der Waals surface area contributed by atoms with E-state index in [1.54, 1.807) is 0 Å². The van der Waals surface area contributed by atoms with Crippen molar-refractivity contribution in [2.24, 2.45) is 11.8 Å². The van der Waals surface area contributed by atoms with E-state index in [9.17, 15) is 0 Å². The lowest BCUT2D eigenvalue weighted by atomic mass is 9.89. The molecule has 106 valence electrons. The Labute approximate surface area is 130 Å². The normalized spacial score (nSPS) is 24.3. The minimum atomic E-state index is 0.608. The van der Waals surface area contributed by atoms with E-state index >= 15 is 0 Å². The Kier molecular flexibility index (Phi) is 5.58. The molecule has 1 aromatic rings. The van der Waals surface area contributed by atoms with Crippen molar-refractivity contribution in [3.63, 3.8) is 0 Å². The van der Waals surface area contributed by atoms with Crippen molar-refractivity contribution in [2.45, 2.75) is 52.0 Å². The van der Waals surface area contributed by atoms with Crippen LogP contribution in [-0.2, 0) is 0 Å². The number of anilines is 1. The summed E-state index contributed by atoms with van der Waals surface area (Å²) in [6, 6.07) is 6.70. The standard InChI is InChI=1S/C16H23BrClN/c1-11(2)12-4-3-5-13(7-6-12)19-14-8-9-16(18)15(17)10-14/h8-13,19H,3-7H2,1-2H3. The average Bonchev–Trinajstić information content (AvgIpc) is 2.59. The molecule has 0 saturated heterocycles. The van der Waals surface area contributed by atoms with Crippen molar-refractivity contribution < 1.29 is 0 Å². The highest BCUT2D eigenvalue weighted by molar-refractivity contribution is 9.10. The fourth-order valence-electron chi connectivity index (χ4n) is 2.96. The Morgan fingerprint density at radius 2 is 2.00 bits per heavy atom. The number of nitrogens with one attached hydrogen (secondary N) is 1. The summed E-state index contributed by atoms with van der Waals surface area (Å²) in [5.41, 5.74) is 1.17. The smallest absolute Gasteiger partial charge is 0.0549 e. The molecule has 1 N–H and O–H groups in total. The van der Waals surface area contributed by atoms with Gasteiger partial charge in [-0.2, -0.15) is 0 Å². The van der Waals surface area contributed by atoms with Gasteiger partial charge in [0.25, 0.3) is 0 Å². The number of benzene rings is 1. The van der Waals surface area contributed by atoms with E-state index in [4.69, 9.17) is 11.6 Å². The Balaban J connectivity index is 1.94. The van der Waals surface area contributed by atoms with Crippen LogP contribution in [0.5, 0.6) is 0 Å². The first-order valence-corrected chi connectivity index (χ1v) is 8.45. The molecule has 1 nitrogen and oxygen atoms in total. The molecule has 0 aliphatic heterocycles. The second-order valence-corrected chi connectivity index (χ2v) is 7.24. The number of halogens is 2. The monoisotopic (exact) mass is 343 g/mol. The van der Waals surface area contributed by atoms with E-state index in [0.29, 0.717) is 6.04 Å². The zero-order chi connectivity index (χ0) is 13.8. The SMILES string of the molecule is CC(C)C1CCCC(Nc2ccc(Cl)c(Br)c2)CC1. The van der Waals surface area contributed by atoms with Gasteiger partial charge in [-0.25, -0.2) is 0 Å². The van der Waals surface area contributed by atoms with Crippen LogP contribution in [0.4, 0.5) is 5.69 Å². The van der Waals surface area contributed by atoms with Gasteiger partial charge in [0.1, 0.15) is 0 Å². The maximum atomic E-state index is 6.03. The van der Waals surface area contributed by atoms with Crippen LogP contribution < -0.4 is 5.32 Å². The van der Waals surface area contributed by atoms with E-state index in [-0.39, 0.29) is 0 Å². The third kappa shape index (κ3) is 4.39. The van der Waals surface area contributed by atoms with Crippen LogP contribution in [0.1, 0.15) is 46.0 Å². The van der Waals surface area contributed by atoms with Gasteiger partial charge in [-0.1, -0.05) is 38.3 Å². The molecule has 1 aromatic carbocycles. The van der Waals surface area contributed by atoms with Crippen LogP contribution in [0.25, 0.3) is 0 Å². The summed E-state index contributed by atoms with van der Waals surface area (Å²) in [7, 11) is 0. The predicted octanol–water partition coefficient (Wildman–Crippen LogP) is 6.12. The highest BCUT2D eigenvalue weighted by Crippen LogP contribution is 2.31. The minimum Gasteiger partial charge on any atom is -0.382 e. The molecule has 0 aromatic heterocycles. The van der Waals surface area contributed by atoms with Gasteiger partial charge < -0.3 is 5.32 Å². The summed E-state index contributed by atoms with van der Waals surface area (Å²) >= 11 is 9.51. The van der Waals surface area contributed by atoms with Gasteiger partial charge in [0.15, 0.2) is 0 Å². The Morgan fingerprint density at radius 3 is 2.68 bits per heavy atom. The largest absolute Gasteiger partial charge is 0.382 e. The Hall–Kier alpha value is -0.210. The summed E-state index contributed by atoms with van der Waals surface area (Å²) in [6.07, 6.45) is 6.64. The van der Waals surface area contributed by atoms with Gasteiger partial charge in [-0.3, -0.25) is 0 Å². The summed E-state index contributed by atoms with van der Waals surface area (Å²) in [5.74, 6) is 1.73. The van der Waals surface area contributed by atoms with Crippen molar-refractivity contribution in [2.75, 3.05) is 5.32 Å². The first kappa shape index (κ1) is 15.2. The minimum absolute atomic E-state index is 0.608. The fraction of sp³-hybridized carbons (Fsp3) is 0.625. The molecule has 0 bridgehead atoms. The maximum absolute atomic E-state index is 6.03. The number of hydrogen-bond acceptors (Lipinski definition) is 1. The molecule has 0 amide bonds. The van der Waals surface area contributed by atoms with Gasteiger partial charge in [0.2, 0.25) is 0 Å². The second-order valence-electron chi connectivity index (χ2n) is 5.98. The van der Waals surface area contributed by atoms with Crippen LogP contribution in [0.2, 0.25) is 5.02 Å². The van der Waals surface area contributed by atoms with Gasteiger partial charge in [0, 0.05) is 16.2 Å². The molecule has 2 rings (SSSR count). The van der Waals surface area contributed by atoms with Crippen molar-refractivity contribution in [1.82, 2.24) is 0 Å². The van der Waals surface area contributed by atoms with Crippen LogP contribution in [0, 0.1) is 11.8 Å². The Morgan fingerprint density at radius 1 is 1.21 bits per heavy atom. The lowest BCUT2D eigenvalue weighted by Crippen LogP contribution is -2.18. The molecular weight excluding hydrogens is 322 g/mol. The van der Waals surface area contributed by atoms with Gasteiger partial charge in [-0.05, 0) is 65.2 Å². The average molecular weight is 345 g/mol. The van der Waals surface area contributed by atoms with E-state index in [0.717, 1.165) is 21.3 Å². The molecule has 1 aliphatic rings. The van der Waals surface area contributed by atoms with Gasteiger partial charge in [-0.15, -0.1) is 0 Å². The quantitative estimate of drug-likeness (QED) is 0.651. The van der Waals surface area contributed by atoms with E-state index < -0.39 is 0 Å². The zero-order valence-electron chi connectivity index (χ0n) is 11.8. The molecule has 1 fully saturated rings. The summed E-state index contributed by atoms with van der Waals surface area (Å²) in [4.78, 5) is 0. The van der Waals surface area contributed by atoms with Crippen LogP contribution in [0.15, 0.2) is 22.7 Å². The third-order valence-corrected chi connectivity index (χ3v) is 5.46. The number of rotatable bonds is 3. The molecule has 2 unspecified atom stereocenters. The fourth-order valence-corrected chi connectivity index (χ4v) is 3.46. The van der Waals surface area contributed by atoms with E-state index in [1.165, 1.54) is 37.8 Å². The molecule has 2 atom stereocenters. The number of hydrogen-bond donors (Lipinski definition) is 1. The molecule has 3 heteroatoms. The molecule has 0 spiro atoms. The molecule has 0 heterocycles. The summed E-state index contributed by atoms with van der Waals surface area (Å²) in [5, 5.41) is 4.43. The van der Waals surface area contributed by atoms with Crippen molar-refractivity contribution in [3.8, 4) is 0 Å². The van der Waals surface area contributed by atoms with Crippen LogP contribution in [0.3, 0.4) is 0 Å². The van der Waals surface area contributed by atoms with Gasteiger partial charge >= 0.3 is 0 Å². The molecule has 1 aliphatic carbocycles.